The smallest absolute Gasteiger partial charge is 0.221 e. The molecule has 1 aliphatic carbocycles. The van der Waals surface area contributed by atoms with E-state index in [-0.39, 0.29) is 17.4 Å². The Kier molecular flexibility index (Phi) is 3.70. The molecule has 2 rings (SSSR count). The number of nitrogens with one attached hydrogen (secondary N) is 2. The van der Waals surface area contributed by atoms with Crippen molar-refractivity contribution < 1.29 is 18.3 Å². The highest BCUT2D eigenvalue weighted by Gasteiger charge is 2.35. The molecule has 1 amide bonds. The second-order valence-electron chi connectivity index (χ2n) is 4.80. The number of rotatable bonds is 5. The molecule has 3 N–H and O–H groups in total. The molecule has 2 unspecified atom stereocenters. The van der Waals surface area contributed by atoms with E-state index >= 15 is 0 Å². The first kappa shape index (κ1) is 12.8. The molecule has 17 heavy (non-hydrogen) atoms. The van der Waals surface area contributed by atoms with E-state index in [0.717, 1.165) is 12.8 Å². The van der Waals surface area contributed by atoms with Crippen molar-refractivity contribution in [3.05, 3.63) is 0 Å². The summed E-state index contributed by atoms with van der Waals surface area (Å²) in [7, 11) is -3.12. The molecule has 1 aliphatic heterocycles. The third-order valence-corrected chi connectivity index (χ3v) is 4.74. The van der Waals surface area contributed by atoms with Gasteiger partial charge in [0.25, 0.3) is 0 Å². The molecule has 1 heterocycles. The van der Waals surface area contributed by atoms with Gasteiger partial charge in [0.2, 0.25) is 5.91 Å². The summed E-state index contributed by atoms with van der Waals surface area (Å²) in [5, 5.41) is 15.3. The van der Waals surface area contributed by atoms with Crippen LogP contribution in [0.3, 0.4) is 0 Å². The van der Waals surface area contributed by atoms with Crippen molar-refractivity contribution in [2.45, 2.75) is 37.5 Å². The monoisotopic (exact) mass is 262 g/mol. The van der Waals surface area contributed by atoms with Crippen LogP contribution in [0.5, 0.6) is 0 Å². The standard InChI is InChI=1S/C10H18N2O4S/c13-9-6-17(15,16)5-8(9)11-4-3-10(14)12-7-1-2-7/h7-9,11,13H,1-6H2,(H,12,14). The van der Waals surface area contributed by atoms with E-state index in [2.05, 4.69) is 10.6 Å². The molecule has 0 radical (unpaired) electrons. The highest BCUT2D eigenvalue weighted by atomic mass is 32.2. The summed E-state index contributed by atoms with van der Waals surface area (Å²) in [4.78, 5) is 11.3. The van der Waals surface area contributed by atoms with Crippen LogP contribution in [0, 0.1) is 0 Å². The van der Waals surface area contributed by atoms with Gasteiger partial charge in [0.1, 0.15) is 0 Å². The third kappa shape index (κ3) is 3.93. The van der Waals surface area contributed by atoms with Crippen LogP contribution in [0.15, 0.2) is 0 Å². The van der Waals surface area contributed by atoms with Gasteiger partial charge in [0, 0.05) is 25.0 Å². The van der Waals surface area contributed by atoms with Crippen molar-refractivity contribution in [2.24, 2.45) is 0 Å². The number of carbonyl (C=O) groups excluding carboxylic acids is 1. The minimum absolute atomic E-state index is 0.0182. The van der Waals surface area contributed by atoms with Crippen molar-refractivity contribution in [1.82, 2.24) is 10.6 Å². The van der Waals surface area contributed by atoms with Crippen molar-refractivity contribution in [3.8, 4) is 0 Å². The molecule has 1 saturated heterocycles. The average molecular weight is 262 g/mol. The van der Waals surface area contributed by atoms with Crippen LogP contribution < -0.4 is 10.6 Å². The van der Waals surface area contributed by atoms with E-state index < -0.39 is 22.0 Å². The zero-order valence-corrected chi connectivity index (χ0v) is 10.4. The third-order valence-electron chi connectivity index (χ3n) is 3.02. The second kappa shape index (κ2) is 4.91. The van der Waals surface area contributed by atoms with E-state index in [1.807, 2.05) is 0 Å². The van der Waals surface area contributed by atoms with E-state index in [1.165, 1.54) is 0 Å². The van der Waals surface area contributed by atoms with Gasteiger partial charge in [-0.05, 0) is 12.8 Å². The predicted octanol–water partition coefficient (Wildman–Crippen LogP) is -1.60. The lowest BCUT2D eigenvalue weighted by Gasteiger charge is -2.14. The molecule has 0 aromatic rings. The Labute approximate surface area is 101 Å². The van der Waals surface area contributed by atoms with Crippen LogP contribution in [0.1, 0.15) is 19.3 Å². The summed E-state index contributed by atoms with van der Waals surface area (Å²) in [6.45, 7) is 0.399. The van der Waals surface area contributed by atoms with Crippen LogP contribution >= 0.6 is 0 Å². The Balaban J connectivity index is 1.66. The van der Waals surface area contributed by atoms with E-state index in [9.17, 15) is 18.3 Å². The van der Waals surface area contributed by atoms with Crippen LogP contribution in [-0.2, 0) is 14.6 Å². The number of sulfone groups is 1. The Morgan fingerprint density at radius 1 is 1.29 bits per heavy atom. The van der Waals surface area contributed by atoms with Crippen molar-refractivity contribution in [3.63, 3.8) is 0 Å². The molecular formula is C10H18N2O4S. The number of amides is 1. The predicted molar refractivity (Wildman–Crippen MR) is 62.2 cm³/mol. The van der Waals surface area contributed by atoms with Crippen LogP contribution in [0.25, 0.3) is 0 Å². The van der Waals surface area contributed by atoms with E-state index in [4.69, 9.17) is 0 Å². The van der Waals surface area contributed by atoms with Gasteiger partial charge < -0.3 is 15.7 Å². The first-order chi connectivity index (χ1) is 7.96. The maximum Gasteiger partial charge on any atom is 0.221 e. The zero-order chi connectivity index (χ0) is 12.5. The van der Waals surface area contributed by atoms with Crippen LogP contribution in [-0.4, -0.2) is 55.7 Å². The Hall–Kier alpha value is -0.660. The van der Waals surface area contributed by atoms with Gasteiger partial charge in [0.05, 0.1) is 17.6 Å². The van der Waals surface area contributed by atoms with E-state index in [1.54, 1.807) is 0 Å². The molecule has 6 nitrogen and oxygen atoms in total. The van der Waals surface area contributed by atoms with Gasteiger partial charge in [-0.15, -0.1) is 0 Å². The van der Waals surface area contributed by atoms with Crippen LogP contribution in [0.2, 0.25) is 0 Å². The molecular weight excluding hydrogens is 244 g/mol. The van der Waals surface area contributed by atoms with Crippen molar-refractivity contribution in [1.29, 1.82) is 0 Å². The quantitative estimate of drug-likeness (QED) is 0.555. The molecule has 1 saturated carbocycles. The molecule has 0 bridgehead atoms. The lowest BCUT2D eigenvalue weighted by atomic mass is 10.2. The molecule has 2 fully saturated rings. The number of carbonyl (C=O) groups is 1. The summed E-state index contributed by atoms with van der Waals surface area (Å²) < 4.78 is 22.4. The molecule has 0 spiro atoms. The summed E-state index contributed by atoms with van der Waals surface area (Å²) in [5.41, 5.74) is 0. The maximum absolute atomic E-state index is 11.3. The molecule has 2 aliphatic rings. The average Bonchev–Trinajstić information content (AvgIpc) is 2.94. The minimum atomic E-state index is -3.12. The SMILES string of the molecule is O=C(CCNC1CS(=O)(=O)CC1O)NC1CC1. The number of hydrogen-bond acceptors (Lipinski definition) is 5. The van der Waals surface area contributed by atoms with E-state index in [0.29, 0.717) is 19.0 Å². The Bertz CT molecular complexity index is 391. The fourth-order valence-corrected chi connectivity index (χ4v) is 3.70. The summed E-state index contributed by atoms with van der Waals surface area (Å²) in [6.07, 6.45) is 1.57. The van der Waals surface area contributed by atoms with Crippen molar-refractivity contribution >= 4 is 15.7 Å². The topological polar surface area (TPSA) is 95.5 Å². The Morgan fingerprint density at radius 3 is 2.53 bits per heavy atom. The highest BCUT2D eigenvalue weighted by Crippen LogP contribution is 2.18. The molecule has 98 valence electrons. The molecule has 2 atom stereocenters. The van der Waals surface area contributed by atoms with Crippen LogP contribution in [0.4, 0.5) is 0 Å². The summed E-state index contributed by atoms with van der Waals surface area (Å²) in [5.74, 6) is -0.243. The lowest BCUT2D eigenvalue weighted by Crippen LogP contribution is -2.40. The molecule has 0 aromatic carbocycles. The second-order valence-corrected chi connectivity index (χ2v) is 6.95. The Morgan fingerprint density at radius 2 is 2.00 bits per heavy atom. The normalized spacial score (nSPS) is 31.4. The van der Waals surface area contributed by atoms with Gasteiger partial charge in [-0.25, -0.2) is 8.42 Å². The lowest BCUT2D eigenvalue weighted by molar-refractivity contribution is -0.121. The maximum atomic E-state index is 11.3. The number of aliphatic hydroxyl groups is 1. The van der Waals surface area contributed by atoms with Crippen molar-refractivity contribution in [2.75, 3.05) is 18.1 Å². The largest absolute Gasteiger partial charge is 0.390 e. The highest BCUT2D eigenvalue weighted by molar-refractivity contribution is 7.91. The van der Waals surface area contributed by atoms with Gasteiger partial charge in [-0.1, -0.05) is 0 Å². The van der Waals surface area contributed by atoms with Gasteiger partial charge >= 0.3 is 0 Å². The van der Waals surface area contributed by atoms with Gasteiger partial charge in [-0.3, -0.25) is 4.79 Å². The fourth-order valence-electron chi connectivity index (χ4n) is 1.92. The first-order valence-corrected chi connectivity index (χ1v) is 7.70. The molecule has 7 heteroatoms. The summed E-state index contributed by atoms with van der Waals surface area (Å²) in [6, 6.07) is -0.0892. The number of aliphatic hydroxyl groups excluding tert-OH is 1. The fraction of sp³-hybridized carbons (Fsp3) is 0.900. The first-order valence-electron chi connectivity index (χ1n) is 5.87. The van der Waals surface area contributed by atoms with Gasteiger partial charge in [-0.2, -0.15) is 0 Å². The molecule has 0 aromatic heterocycles. The minimum Gasteiger partial charge on any atom is -0.390 e. The summed E-state index contributed by atoms with van der Waals surface area (Å²) >= 11 is 0. The van der Waals surface area contributed by atoms with Gasteiger partial charge in [0.15, 0.2) is 9.84 Å². The number of hydrogen-bond donors (Lipinski definition) is 3. The zero-order valence-electron chi connectivity index (χ0n) is 9.55.